The van der Waals surface area contributed by atoms with Gasteiger partial charge >= 0.3 is 0 Å². The average molecular weight is 364 g/mol. The summed E-state index contributed by atoms with van der Waals surface area (Å²) < 4.78 is 14.5. The molecule has 1 aromatic rings. The van der Waals surface area contributed by atoms with Gasteiger partial charge in [0.05, 0.1) is 5.56 Å². The van der Waals surface area contributed by atoms with Crippen LogP contribution < -0.4 is 5.32 Å². The van der Waals surface area contributed by atoms with Crippen molar-refractivity contribution in [3.8, 4) is 0 Å². The van der Waals surface area contributed by atoms with Gasteiger partial charge in [0.1, 0.15) is 5.82 Å². The van der Waals surface area contributed by atoms with Crippen LogP contribution in [0.4, 0.5) is 4.39 Å². The van der Waals surface area contributed by atoms with Gasteiger partial charge in [-0.3, -0.25) is 4.79 Å². The third-order valence-electron chi connectivity index (χ3n) is 3.97. The fourth-order valence-electron chi connectivity index (χ4n) is 2.96. The minimum atomic E-state index is -0.449. The molecule has 0 aliphatic carbocycles. The van der Waals surface area contributed by atoms with Crippen molar-refractivity contribution in [2.24, 2.45) is 0 Å². The monoisotopic (exact) mass is 362 g/mol. The second-order valence-electron chi connectivity index (χ2n) is 5.30. The molecular formula is C14H17BrClFN2O. The highest BCUT2D eigenvalue weighted by molar-refractivity contribution is 9.10. The van der Waals surface area contributed by atoms with Gasteiger partial charge < -0.3 is 10.2 Å². The summed E-state index contributed by atoms with van der Waals surface area (Å²) >= 11 is 3.29. The molecule has 3 rings (SSSR count). The molecule has 6 heteroatoms. The van der Waals surface area contributed by atoms with Crippen molar-refractivity contribution < 1.29 is 9.18 Å². The van der Waals surface area contributed by atoms with Crippen molar-refractivity contribution >= 4 is 34.2 Å². The summed E-state index contributed by atoms with van der Waals surface area (Å²) in [5.74, 6) is -0.649. The van der Waals surface area contributed by atoms with E-state index in [2.05, 4.69) is 21.2 Å². The minimum Gasteiger partial charge on any atom is -0.337 e. The molecule has 2 atom stereocenters. The number of hydrogen-bond donors (Lipinski definition) is 1. The Balaban J connectivity index is 0.00000147. The predicted octanol–water partition coefficient (Wildman–Crippen LogP) is 2.98. The highest BCUT2D eigenvalue weighted by Crippen LogP contribution is 2.23. The van der Waals surface area contributed by atoms with Gasteiger partial charge in [-0.05, 0) is 37.5 Å². The van der Waals surface area contributed by atoms with Crippen LogP contribution in [0.1, 0.15) is 29.6 Å². The van der Waals surface area contributed by atoms with Crippen LogP contribution in [0.3, 0.4) is 0 Å². The van der Waals surface area contributed by atoms with E-state index < -0.39 is 5.82 Å². The quantitative estimate of drug-likeness (QED) is 0.832. The van der Waals surface area contributed by atoms with Gasteiger partial charge in [-0.25, -0.2) is 4.39 Å². The van der Waals surface area contributed by atoms with Crippen LogP contribution in [0.5, 0.6) is 0 Å². The molecule has 110 valence electrons. The minimum absolute atomic E-state index is 0. The maximum Gasteiger partial charge on any atom is 0.256 e. The van der Waals surface area contributed by atoms with Crippen molar-refractivity contribution in [1.82, 2.24) is 10.2 Å². The summed E-state index contributed by atoms with van der Waals surface area (Å²) in [6, 6.07) is 5.40. The maximum absolute atomic E-state index is 13.8. The molecule has 0 saturated carbocycles. The van der Waals surface area contributed by atoms with E-state index >= 15 is 0 Å². The molecule has 2 saturated heterocycles. The largest absolute Gasteiger partial charge is 0.337 e. The van der Waals surface area contributed by atoms with Crippen LogP contribution in [0.25, 0.3) is 0 Å². The number of nitrogens with zero attached hydrogens (tertiary/aromatic N) is 1. The zero-order valence-corrected chi connectivity index (χ0v) is 13.3. The smallest absolute Gasteiger partial charge is 0.256 e. The zero-order chi connectivity index (χ0) is 13.4. The first kappa shape index (κ1) is 15.7. The second kappa shape index (κ2) is 6.41. The Morgan fingerprint density at radius 3 is 2.85 bits per heavy atom. The molecule has 0 aromatic heterocycles. The number of rotatable bonds is 1. The molecule has 2 unspecified atom stereocenters. The number of amides is 1. The lowest BCUT2D eigenvalue weighted by molar-refractivity contribution is 0.0743. The summed E-state index contributed by atoms with van der Waals surface area (Å²) in [6.07, 6.45) is 3.26. The summed E-state index contributed by atoms with van der Waals surface area (Å²) in [5.41, 5.74) is 0.159. The van der Waals surface area contributed by atoms with Gasteiger partial charge in [0.15, 0.2) is 0 Å². The number of halogens is 3. The zero-order valence-electron chi connectivity index (χ0n) is 10.9. The summed E-state index contributed by atoms with van der Waals surface area (Å²) in [7, 11) is 0. The van der Waals surface area contributed by atoms with Gasteiger partial charge in [-0.1, -0.05) is 15.9 Å². The van der Waals surface area contributed by atoms with Gasteiger partial charge in [-0.15, -0.1) is 12.4 Å². The molecule has 1 aromatic carbocycles. The number of nitrogens with one attached hydrogen (secondary N) is 1. The van der Waals surface area contributed by atoms with Crippen LogP contribution in [0.15, 0.2) is 22.7 Å². The molecule has 2 heterocycles. The third kappa shape index (κ3) is 3.15. The normalized spacial score (nSPS) is 25.0. The van der Waals surface area contributed by atoms with Crippen LogP contribution >= 0.6 is 28.3 Å². The Morgan fingerprint density at radius 2 is 2.05 bits per heavy atom. The van der Waals surface area contributed by atoms with Gasteiger partial charge in [0, 0.05) is 29.6 Å². The number of benzene rings is 1. The van der Waals surface area contributed by atoms with E-state index in [0.717, 1.165) is 17.3 Å². The first-order valence-electron chi connectivity index (χ1n) is 6.64. The Kier molecular flexibility index (Phi) is 5.04. The molecular weight excluding hydrogens is 347 g/mol. The van der Waals surface area contributed by atoms with Gasteiger partial charge in [0.25, 0.3) is 5.91 Å². The molecule has 2 fully saturated rings. The van der Waals surface area contributed by atoms with E-state index in [1.165, 1.54) is 12.5 Å². The molecule has 20 heavy (non-hydrogen) atoms. The maximum atomic E-state index is 13.8. The third-order valence-corrected chi connectivity index (χ3v) is 4.46. The predicted molar refractivity (Wildman–Crippen MR) is 81.8 cm³/mol. The van der Waals surface area contributed by atoms with E-state index in [4.69, 9.17) is 0 Å². The van der Waals surface area contributed by atoms with Crippen LogP contribution in [0, 0.1) is 5.82 Å². The van der Waals surface area contributed by atoms with Crippen LogP contribution in [0.2, 0.25) is 0 Å². The van der Waals surface area contributed by atoms with E-state index in [1.807, 2.05) is 0 Å². The van der Waals surface area contributed by atoms with E-state index in [1.54, 1.807) is 17.0 Å². The van der Waals surface area contributed by atoms with Crippen molar-refractivity contribution in [3.63, 3.8) is 0 Å². The van der Waals surface area contributed by atoms with Crippen molar-refractivity contribution in [3.05, 3.63) is 34.1 Å². The number of hydrogen-bond acceptors (Lipinski definition) is 2. The number of carbonyl (C=O) groups excluding carboxylic acids is 1. The highest BCUT2D eigenvalue weighted by Gasteiger charge is 2.32. The van der Waals surface area contributed by atoms with Crippen LogP contribution in [-0.4, -0.2) is 36.0 Å². The molecule has 0 spiro atoms. The fourth-order valence-corrected chi connectivity index (χ4v) is 3.32. The summed E-state index contributed by atoms with van der Waals surface area (Å²) in [6.45, 7) is 1.39. The average Bonchev–Trinajstić information content (AvgIpc) is 2.71. The van der Waals surface area contributed by atoms with Crippen LogP contribution in [-0.2, 0) is 0 Å². The molecule has 1 amide bonds. The Labute approximate surface area is 132 Å². The first-order valence-corrected chi connectivity index (χ1v) is 7.43. The molecule has 1 N–H and O–H groups in total. The summed E-state index contributed by atoms with van der Waals surface area (Å²) in [4.78, 5) is 14.2. The van der Waals surface area contributed by atoms with Crippen molar-refractivity contribution in [1.29, 1.82) is 0 Å². The summed E-state index contributed by atoms with van der Waals surface area (Å²) in [5, 5.41) is 3.52. The Bertz CT molecular complexity index is 514. The van der Waals surface area contributed by atoms with E-state index in [-0.39, 0.29) is 23.9 Å². The lowest BCUT2D eigenvalue weighted by atomic mass is 10.1. The molecule has 3 nitrogen and oxygen atoms in total. The molecule has 2 bridgehead atoms. The number of carbonyl (C=O) groups is 1. The molecule has 2 aliphatic rings. The molecule has 0 radical (unpaired) electrons. The van der Waals surface area contributed by atoms with E-state index in [9.17, 15) is 9.18 Å². The standard InChI is InChI=1S/C14H16BrFN2O.ClH/c15-9-1-4-13(16)12(7-9)14(19)18-6-5-10-2-3-11(8-18)17-10;/h1,4,7,10-11,17H,2-3,5-6,8H2;1H. The fraction of sp³-hybridized carbons (Fsp3) is 0.500. The number of fused-ring (bicyclic) bond motifs is 2. The Hall–Kier alpha value is -0.650. The first-order chi connectivity index (χ1) is 9.13. The lowest BCUT2D eigenvalue weighted by Gasteiger charge is -2.24. The van der Waals surface area contributed by atoms with Crippen molar-refractivity contribution in [2.75, 3.05) is 13.1 Å². The van der Waals surface area contributed by atoms with Crippen molar-refractivity contribution in [2.45, 2.75) is 31.3 Å². The SMILES string of the molecule is Cl.O=C(c1cc(Br)ccc1F)N1CCC2CCC(C1)N2. The highest BCUT2D eigenvalue weighted by atomic mass is 79.9. The van der Waals surface area contributed by atoms with E-state index in [0.29, 0.717) is 25.2 Å². The second-order valence-corrected chi connectivity index (χ2v) is 6.22. The topological polar surface area (TPSA) is 32.3 Å². The van der Waals surface area contributed by atoms with Gasteiger partial charge in [0.2, 0.25) is 0 Å². The Morgan fingerprint density at radius 1 is 1.30 bits per heavy atom. The number of likely N-dealkylation sites (tertiary alicyclic amines) is 1. The van der Waals surface area contributed by atoms with Gasteiger partial charge in [-0.2, -0.15) is 0 Å². The lowest BCUT2D eigenvalue weighted by Crippen LogP contribution is -2.39. The molecule has 2 aliphatic heterocycles.